The van der Waals surface area contributed by atoms with Crippen molar-refractivity contribution in [2.75, 3.05) is 0 Å². The fraction of sp³-hybridized carbons (Fsp3) is 0.120. The fourth-order valence-electron chi connectivity index (χ4n) is 3.65. The summed E-state index contributed by atoms with van der Waals surface area (Å²) in [4.78, 5) is 37.0. The van der Waals surface area contributed by atoms with Crippen LogP contribution in [0.4, 0.5) is 0 Å². The van der Waals surface area contributed by atoms with Gasteiger partial charge in [0, 0.05) is 25.1 Å². The number of carbonyl (C=O) groups is 1. The van der Waals surface area contributed by atoms with Gasteiger partial charge in [0.2, 0.25) is 5.91 Å². The summed E-state index contributed by atoms with van der Waals surface area (Å²) in [7, 11) is 0. The molecule has 5 aromatic rings. The Morgan fingerprint density at radius 3 is 2.50 bits per heavy atom. The SMILES string of the molecule is O=C(CCn1cnc2ccccc2c1=O)NCc1ccc(-c2nc3ccccc3[nH]2)cc1. The number of carbonyl (C=O) groups excluding carboxylic acids is 1. The molecule has 3 aromatic carbocycles. The van der Waals surface area contributed by atoms with E-state index in [2.05, 4.69) is 20.3 Å². The molecule has 5 rings (SSSR count). The van der Waals surface area contributed by atoms with E-state index in [-0.39, 0.29) is 24.4 Å². The number of aromatic amines is 1. The van der Waals surface area contributed by atoms with Gasteiger partial charge >= 0.3 is 0 Å². The van der Waals surface area contributed by atoms with E-state index < -0.39 is 0 Å². The smallest absolute Gasteiger partial charge is 0.261 e. The zero-order valence-corrected chi connectivity index (χ0v) is 17.3. The van der Waals surface area contributed by atoms with Gasteiger partial charge < -0.3 is 10.3 Å². The number of benzene rings is 3. The minimum atomic E-state index is -0.135. The van der Waals surface area contributed by atoms with Gasteiger partial charge in [0.05, 0.1) is 28.3 Å². The molecule has 0 aliphatic rings. The monoisotopic (exact) mass is 423 g/mol. The molecule has 0 aliphatic carbocycles. The molecule has 0 radical (unpaired) electrons. The first-order chi connectivity index (χ1) is 15.7. The summed E-state index contributed by atoms with van der Waals surface area (Å²) >= 11 is 0. The molecule has 7 heteroatoms. The lowest BCUT2D eigenvalue weighted by molar-refractivity contribution is -0.121. The predicted molar refractivity (Wildman–Crippen MR) is 124 cm³/mol. The van der Waals surface area contributed by atoms with E-state index in [4.69, 9.17) is 0 Å². The highest BCUT2D eigenvalue weighted by molar-refractivity contribution is 5.79. The number of para-hydroxylation sites is 3. The van der Waals surface area contributed by atoms with Gasteiger partial charge in [-0.25, -0.2) is 9.97 Å². The average Bonchev–Trinajstić information content (AvgIpc) is 3.27. The third kappa shape index (κ3) is 4.00. The molecular formula is C25H21N5O2. The maximum Gasteiger partial charge on any atom is 0.261 e. The highest BCUT2D eigenvalue weighted by Gasteiger charge is 2.08. The summed E-state index contributed by atoms with van der Waals surface area (Å²) in [5, 5.41) is 3.46. The standard InChI is InChI=1S/C25H21N5O2/c31-23(13-14-30-16-27-20-6-2-1-5-19(20)25(30)32)26-15-17-9-11-18(12-10-17)24-28-21-7-3-4-8-22(21)29-24/h1-12,16H,13-15H2,(H,26,31)(H,28,29). The minimum absolute atomic E-state index is 0.119. The zero-order valence-electron chi connectivity index (χ0n) is 17.3. The fourth-order valence-corrected chi connectivity index (χ4v) is 3.65. The van der Waals surface area contributed by atoms with Gasteiger partial charge in [0.15, 0.2) is 0 Å². The lowest BCUT2D eigenvalue weighted by Gasteiger charge is -2.08. The topological polar surface area (TPSA) is 92.7 Å². The Kier molecular flexibility index (Phi) is 5.21. The van der Waals surface area contributed by atoms with Crippen molar-refractivity contribution >= 4 is 27.8 Å². The van der Waals surface area contributed by atoms with Crippen LogP contribution in [0.25, 0.3) is 33.3 Å². The van der Waals surface area contributed by atoms with Crippen LogP contribution < -0.4 is 10.9 Å². The second-order valence-corrected chi connectivity index (χ2v) is 7.59. The number of amides is 1. The molecule has 0 aliphatic heterocycles. The van der Waals surface area contributed by atoms with E-state index in [1.165, 1.54) is 10.9 Å². The number of hydrogen-bond acceptors (Lipinski definition) is 4. The van der Waals surface area contributed by atoms with Crippen LogP contribution in [-0.4, -0.2) is 25.4 Å². The number of nitrogens with zero attached hydrogens (tertiary/aromatic N) is 3. The van der Waals surface area contributed by atoms with Crippen molar-refractivity contribution in [3.8, 4) is 11.4 Å². The third-order valence-corrected chi connectivity index (χ3v) is 5.42. The minimum Gasteiger partial charge on any atom is -0.352 e. The number of aryl methyl sites for hydroxylation is 1. The van der Waals surface area contributed by atoms with Crippen molar-refractivity contribution in [1.29, 1.82) is 0 Å². The summed E-state index contributed by atoms with van der Waals surface area (Å²) in [6.07, 6.45) is 1.70. The normalized spacial score (nSPS) is 11.1. The van der Waals surface area contributed by atoms with Gasteiger partial charge in [-0.3, -0.25) is 14.2 Å². The number of rotatable bonds is 6. The Hall–Kier alpha value is -4.26. The molecular weight excluding hydrogens is 402 g/mol. The first-order valence-corrected chi connectivity index (χ1v) is 10.4. The first kappa shape index (κ1) is 19.7. The second-order valence-electron chi connectivity index (χ2n) is 7.59. The quantitative estimate of drug-likeness (QED) is 0.436. The molecule has 2 aromatic heterocycles. The summed E-state index contributed by atoms with van der Waals surface area (Å²) in [5.41, 5.74) is 4.43. The zero-order chi connectivity index (χ0) is 21.9. The van der Waals surface area contributed by atoms with E-state index in [0.717, 1.165) is 28.0 Å². The van der Waals surface area contributed by atoms with E-state index in [9.17, 15) is 9.59 Å². The van der Waals surface area contributed by atoms with E-state index >= 15 is 0 Å². The highest BCUT2D eigenvalue weighted by Crippen LogP contribution is 2.20. The van der Waals surface area contributed by atoms with Crippen LogP contribution in [-0.2, 0) is 17.9 Å². The molecule has 1 amide bonds. The molecule has 0 saturated heterocycles. The molecule has 0 unspecified atom stereocenters. The van der Waals surface area contributed by atoms with Gasteiger partial charge in [-0.05, 0) is 29.8 Å². The van der Waals surface area contributed by atoms with E-state index in [1.807, 2.05) is 60.7 Å². The molecule has 0 bridgehead atoms. The van der Waals surface area contributed by atoms with Crippen molar-refractivity contribution in [3.63, 3.8) is 0 Å². The summed E-state index contributed by atoms with van der Waals surface area (Å²) in [6.45, 7) is 0.706. The second kappa shape index (κ2) is 8.47. The lowest BCUT2D eigenvalue weighted by Crippen LogP contribution is -2.27. The molecule has 2 N–H and O–H groups in total. The summed E-state index contributed by atoms with van der Waals surface area (Å²) in [5.74, 6) is 0.697. The van der Waals surface area contributed by atoms with Crippen molar-refractivity contribution in [3.05, 3.63) is 95.0 Å². The molecule has 158 valence electrons. The Labute approximate surface area is 183 Å². The number of hydrogen-bond donors (Lipinski definition) is 2. The highest BCUT2D eigenvalue weighted by atomic mass is 16.1. The molecule has 7 nitrogen and oxygen atoms in total. The van der Waals surface area contributed by atoms with Crippen LogP contribution in [0.2, 0.25) is 0 Å². The molecule has 32 heavy (non-hydrogen) atoms. The van der Waals surface area contributed by atoms with Crippen LogP contribution in [0.3, 0.4) is 0 Å². The van der Waals surface area contributed by atoms with Crippen LogP contribution in [0, 0.1) is 0 Å². The predicted octanol–water partition coefficient (Wildman–Crippen LogP) is 3.65. The number of fused-ring (bicyclic) bond motifs is 2. The lowest BCUT2D eigenvalue weighted by atomic mass is 10.1. The molecule has 0 spiro atoms. The van der Waals surface area contributed by atoms with Gasteiger partial charge in [-0.2, -0.15) is 0 Å². The molecule has 0 fully saturated rings. The van der Waals surface area contributed by atoms with Crippen LogP contribution in [0.1, 0.15) is 12.0 Å². The van der Waals surface area contributed by atoms with Crippen molar-refractivity contribution in [2.24, 2.45) is 0 Å². The number of imidazole rings is 1. The van der Waals surface area contributed by atoms with Gasteiger partial charge in [-0.15, -0.1) is 0 Å². The summed E-state index contributed by atoms with van der Waals surface area (Å²) < 4.78 is 1.48. The Bertz CT molecular complexity index is 1430. The molecule has 2 heterocycles. The Morgan fingerprint density at radius 1 is 0.938 bits per heavy atom. The van der Waals surface area contributed by atoms with Crippen LogP contribution >= 0.6 is 0 Å². The van der Waals surface area contributed by atoms with Gasteiger partial charge in [0.1, 0.15) is 5.82 Å². The molecule has 0 saturated carbocycles. The first-order valence-electron chi connectivity index (χ1n) is 10.4. The van der Waals surface area contributed by atoms with Crippen molar-refractivity contribution in [2.45, 2.75) is 19.5 Å². The van der Waals surface area contributed by atoms with Crippen LogP contribution in [0.15, 0.2) is 83.9 Å². The molecule has 0 atom stereocenters. The Balaban J connectivity index is 1.18. The van der Waals surface area contributed by atoms with Crippen molar-refractivity contribution in [1.82, 2.24) is 24.8 Å². The van der Waals surface area contributed by atoms with Gasteiger partial charge in [0.25, 0.3) is 5.56 Å². The van der Waals surface area contributed by atoms with E-state index in [0.29, 0.717) is 17.4 Å². The number of aromatic nitrogens is 4. The average molecular weight is 423 g/mol. The third-order valence-electron chi connectivity index (χ3n) is 5.42. The number of H-pyrrole nitrogens is 1. The maximum absolute atomic E-state index is 12.5. The van der Waals surface area contributed by atoms with Crippen molar-refractivity contribution < 1.29 is 4.79 Å². The largest absolute Gasteiger partial charge is 0.352 e. The summed E-state index contributed by atoms with van der Waals surface area (Å²) in [6, 6.07) is 23.0. The van der Waals surface area contributed by atoms with Crippen LogP contribution in [0.5, 0.6) is 0 Å². The Morgan fingerprint density at radius 2 is 1.69 bits per heavy atom. The van der Waals surface area contributed by atoms with Gasteiger partial charge in [-0.1, -0.05) is 48.5 Å². The number of nitrogens with one attached hydrogen (secondary N) is 2. The van der Waals surface area contributed by atoms with E-state index in [1.54, 1.807) is 12.1 Å². The maximum atomic E-state index is 12.5.